The van der Waals surface area contributed by atoms with Crippen molar-refractivity contribution in [3.8, 4) is 5.75 Å². The van der Waals surface area contributed by atoms with Crippen molar-refractivity contribution in [2.45, 2.75) is 19.5 Å². The number of furan rings is 1. The van der Waals surface area contributed by atoms with Crippen LogP contribution in [0.3, 0.4) is 0 Å². The Labute approximate surface area is 162 Å². The molecule has 0 saturated carbocycles. The van der Waals surface area contributed by atoms with Crippen molar-refractivity contribution in [2.75, 3.05) is 13.7 Å². The first-order valence-corrected chi connectivity index (χ1v) is 8.67. The summed E-state index contributed by atoms with van der Waals surface area (Å²) in [6.07, 6.45) is 4.47. The van der Waals surface area contributed by atoms with Gasteiger partial charge in [0.25, 0.3) is 0 Å². The van der Waals surface area contributed by atoms with E-state index in [-0.39, 0.29) is 19.0 Å². The first-order chi connectivity index (χ1) is 13.5. The second-order valence-corrected chi connectivity index (χ2v) is 5.91. The number of rotatable bonds is 9. The van der Waals surface area contributed by atoms with Crippen LogP contribution in [0.4, 0.5) is 0 Å². The molecule has 1 aromatic carbocycles. The minimum Gasteiger partial charge on any atom is -0.497 e. The van der Waals surface area contributed by atoms with Gasteiger partial charge in [0.15, 0.2) is 0 Å². The zero-order valence-corrected chi connectivity index (χ0v) is 15.7. The second-order valence-electron chi connectivity index (χ2n) is 5.91. The molecule has 1 unspecified atom stereocenters. The van der Waals surface area contributed by atoms with E-state index in [9.17, 15) is 14.4 Å². The van der Waals surface area contributed by atoms with Crippen LogP contribution in [0.15, 0.2) is 53.2 Å². The molecule has 0 saturated heterocycles. The summed E-state index contributed by atoms with van der Waals surface area (Å²) in [5.41, 5.74) is 0.821. The van der Waals surface area contributed by atoms with Crippen molar-refractivity contribution < 1.29 is 23.5 Å². The topological polar surface area (TPSA) is 110 Å². The number of benzene rings is 1. The Morgan fingerprint density at radius 2 is 1.89 bits per heavy atom. The summed E-state index contributed by atoms with van der Waals surface area (Å²) in [5.74, 6) is 0.104. The number of amides is 3. The number of nitrogens with one attached hydrogen (secondary N) is 3. The van der Waals surface area contributed by atoms with Gasteiger partial charge in [-0.3, -0.25) is 14.4 Å². The maximum atomic E-state index is 12.0. The van der Waals surface area contributed by atoms with Gasteiger partial charge in [0.05, 0.1) is 26.5 Å². The Bertz CT molecular complexity index is 813. The van der Waals surface area contributed by atoms with E-state index in [0.29, 0.717) is 5.76 Å². The SMILES string of the molecule is COc1ccc(/C=C/C(=O)NC(C)C(=O)NCC(=O)NCc2ccco2)cc1. The van der Waals surface area contributed by atoms with Crippen molar-refractivity contribution in [1.82, 2.24) is 16.0 Å². The van der Waals surface area contributed by atoms with Gasteiger partial charge in [0, 0.05) is 6.08 Å². The Morgan fingerprint density at radius 1 is 1.14 bits per heavy atom. The molecule has 0 aliphatic heterocycles. The monoisotopic (exact) mass is 385 g/mol. The molecule has 148 valence electrons. The predicted molar refractivity (Wildman–Crippen MR) is 103 cm³/mol. The van der Waals surface area contributed by atoms with E-state index in [2.05, 4.69) is 16.0 Å². The first-order valence-electron chi connectivity index (χ1n) is 8.67. The fourth-order valence-electron chi connectivity index (χ4n) is 2.20. The molecule has 3 N–H and O–H groups in total. The third-order valence-corrected chi connectivity index (χ3v) is 3.76. The fourth-order valence-corrected chi connectivity index (χ4v) is 2.20. The van der Waals surface area contributed by atoms with Crippen molar-refractivity contribution in [1.29, 1.82) is 0 Å². The minimum atomic E-state index is -0.786. The number of carbonyl (C=O) groups excluding carboxylic acids is 3. The molecule has 0 bridgehead atoms. The van der Waals surface area contributed by atoms with Crippen molar-refractivity contribution in [2.24, 2.45) is 0 Å². The van der Waals surface area contributed by atoms with E-state index in [1.165, 1.54) is 19.3 Å². The molecule has 0 aliphatic rings. The normalized spacial score (nSPS) is 11.6. The molecule has 0 spiro atoms. The molecular formula is C20H23N3O5. The van der Waals surface area contributed by atoms with Crippen molar-refractivity contribution in [3.05, 3.63) is 60.1 Å². The van der Waals surface area contributed by atoms with E-state index in [0.717, 1.165) is 11.3 Å². The molecule has 2 aromatic rings. The van der Waals surface area contributed by atoms with E-state index in [4.69, 9.17) is 9.15 Å². The highest BCUT2D eigenvalue weighted by Crippen LogP contribution is 2.12. The van der Waals surface area contributed by atoms with Gasteiger partial charge < -0.3 is 25.1 Å². The van der Waals surface area contributed by atoms with E-state index in [1.54, 1.807) is 49.6 Å². The average molecular weight is 385 g/mol. The van der Waals surface area contributed by atoms with E-state index >= 15 is 0 Å². The van der Waals surface area contributed by atoms with Crippen LogP contribution in [0.25, 0.3) is 6.08 Å². The summed E-state index contributed by atoms with van der Waals surface area (Å²) in [6.45, 7) is 1.58. The standard InChI is InChI=1S/C20H23N3O5/c1-14(20(26)22-13-19(25)21-12-17-4-3-11-28-17)23-18(24)10-7-15-5-8-16(27-2)9-6-15/h3-11,14H,12-13H2,1-2H3,(H,21,25)(H,22,26)(H,23,24)/b10-7+. The van der Waals surface area contributed by atoms with Crippen molar-refractivity contribution >= 4 is 23.8 Å². The van der Waals surface area contributed by atoms with Crippen LogP contribution in [-0.2, 0) is 20.9 Å². The van der Waals surface area contributed by atoms with Gasteiger partial charge in [0.2, 0.25) is 17.7 Å². The van der Waals surface area contributed by atoms with Crippen LogP contribution in [-0.4, -0.2) is 37.4 Å². The smallest absolute Gasteiger partial charge is 0.244 e. The number of ether oxygens (including phenoxy) is 1. The van der Waals surface area contributed by atoms with E-state index < -0.39 is 17.9 Å². The molecule has 8 heteroatoms. The summed E-state index contributed by atoms with van der Waals surface area (Å²) >= 11 is 0. The molecule has 1 aromatic heterocycles. The molecule has 0 fully saturated rings. The van der Waals surface area contributed by atoms with Crippen LogP contribution < -0.4 is 20.7 Å². The average Bonchev–Trinajstić information content (AvgIpc) is 3.22. The van der Waals surface area contributed by atoms with Gasteiger partial charge in [-0.05, 0) is 42.8 Å². The van der Waals surface area contributed by atoms with Gasteiger partial charge in [-0.2, -0.15) is 0 Å². The lowest BCUT2D eigenvalue weighted by Crippen LogP contribution is -2.47. The maximum Gasteiger partial charge on any atom is 0.244 e. The van der Waals surface area contributed by atoms with Crippen molar-refractivity contribution in [3.63, 3.8) is 0 Å². The van der Waals surface area contributed by atoms with Crippen LogP contribution in [0.5, 0.6) is 5.75 Å². The highest BCUT2D eigenvalue weighted by molar-refractivity contribution is 5.96. The predicted octanol–water partition coefficient (Wildman–Crippen LogP) is 1.24. The summed E-state index contributed by atoms with van der Waals surface area (Å²) in [4.78, 5) is 35.7. The molecule has 0 aliphatic carbocycles. The first kappa shape index (κ1) is 20.8. The molecule has 3 amide bonds. The Morgan fingerprint density at radius 3 is 2.54 bits per heavy atom. The van der Waals surface area contributed by atoms with Gasteiger partial charge >= 0.3 is 0 Å². The lowest BCUT2D eigenvalue weighted by molar-refractivity contribution is -0.128. The summed E-state index contributed by atoms with van der Waals surface area (Å²) in [7, 11) is 1.58. The molecular weight excluding hydrogens is 362 g/mol. The molecule has 1 heterocycles. The third kappa shape index (κ3) is 6.99. The van der Waals surface area contributed by atoms with Crippen LogP contribution >= 0.6 is 0 Å². The highest BCUT2D eigenvalue weighted by Gasteiger charge is 2.15. The maximum absolute atomic E-state index is 12.0. The van der Waals surface area contributed by atoms with E-state index in [1.807, 2.05) is 0 Å². The Hall–Kier alpha value is -3.55. The number of hydrogen-bond acceptors (Lipinski definition) is 5. The number of methoxy groups -OCH3 is 1. The zero-order valence-electron chi connectivity index (χ0n) is 15.7. The van der Waals surface area contributed by atoms with Crippen LogP contribution in [0.1, 0.15) is 18.2 Å². The largest absolute Gasteiger partial charge is 0.497 e. The molecule has 28 heavy (non-hydrogen) atoms. The lowest BCUT2D eigenvalue weighted by atomic mass is 10.2. The Balaban J connectivity index is 1.70. The summed E-state index contributed by atoms with van der Waals surface area (Å²) < 4.78 is 10.2. The molecule has 2 rings (SSSR count). The van der Waals surface area contributed by atoms with Gasteiger partial charge in [-0.25, -0.2) is 0 Å². The van der Waals surface area contributed by atoms with Gasteiger partial charge in [-0.15, -0.1) is 0 Å². The second kappa shape index (κ2) is 10.6. The lowest BCUT2D eigenvalue weighted by Gasteiger charge is -2.12. The third-order valence-electron chi connectivity index (χ3n) is 3.76. The summed E-state index contributed by atoms with van der Waals surface area (Å²) in [6, 6.07) is 9.84. The van der Waals surface area contributed by atoms with Gasteiger partial charge in [0.1, 0.15) is 17.6 Å². The zero-order chi connectivity index (χ0) is 20.4. The Kier molecular flexibility index (Phi) is 7.83. The fraction of sp³-hybridized carbons (Fsp3) is 0.250. The number of carbonyl (C=O) groups is 3. The van der Waals surface area contributed by atoms with Crippen LogP contribution in [0, 0.1) is 0 Å². The number of hydrogen-bond donors (Lipinski definition) is 3. The van der Waals surface area contributed by atoms with Crippen LogP contribution in [0.2, 0.25) is 0 Å². The molecule has 8 nitrogen and oxygen atoms in total. The minimum absolute atomic E-state index is 0.193. The summed E-state index contributed by atoms with van der Waals surface area (Å²) in [5, 5.41) is 7.62. The van der Waals surface area contributed by atoms with Gasteiger partial charge in [-0.1, -0.05) is 12.1 Å². The molecule has 1 atom stereocenters. The quantitative estimate of drug-likeness (QED) is 0.563. The highest BCUT2D eigenvalue weighted by atomic mass is 16.5. The molecule has 0 radical (unpaired) electrons.